The van der Waals surface area contributed by atoms with Gasteiger partial charge in [-0.05, 0) is 24.0 Å². The highest BCUT2D eigenvalue weighted by Gasteiger charge is 2.21. The van der Waals surface area contributed by atoms with E-state index in [-0.39, 0.29) is 11.8 Å². The molecule has 0 aliphatic rings. The van der Waals surface area contributed by atoms with E-state index in [0.29, 0.717) is 11.5 Å². The fraction of sp³-hybridized carbons (Fsp3) is 0.700. The summed E-state index contributed by atoms with van der Waals surface area (Å²) in [4.78, 5) is 0. The minimum atomic E-state index is -0.887. The Hall–Kier alpha value is -0.680. The summed E-state index contributed by atoms with van der Waals surface area (Å²) in [6.07, 6.45) is 0. The zero-order valence-corrected chi connectivity index (χ0v) is 10.5. The number of rotatable bonds is 4. The number of aromatic hydroxyl groups is 1. The lowest BCUT2D eigenvalue weighted by Crippen LogP contribution is -2.09. The summed E-state index contributed by atoms with van der Waals surface area (Å²) >= 11 is -0.887. The van der Waals surface area contributed by atoms with Gasteiger partial charge in [-0.1, -0.05) is 13.8 Å². The maximum atomic E-state index is 11.5. The van der Waals surface area contributed by atoms with Crippen LogP contribution < -0.4 is 0 Å². The van der Waals surface area contributed by atoms with Gasteiger partial charge in [0.2, 0.25) is 5.88 Å². The van der Waals surface area contributed by atoms with Gasteiger partial charge < -0.3 is 9.66 Å². The van der Waals surface area contributed by atoms with Crippen molar-refractivity contribution < 1.29 is 9.66 Å². The minimum absolute atomic E-state index is 0.188. The van der Waals surface area contributed by atoms with Crippen molar-refractivity contribution in [2.75, 3.05) is 5.75 Å². The first-order valence-electron chi connectivity index (χ1n) is 5.07. The van der Waals surface area contributed by atoms with Gasteiger partial charge >= 0.3 is 0 Å². The van der Waals surface area contributed by atoms with E-state index in [0.717, 1.165) is 11.3 Å². The predicted molar refractivity (Wildman–Crippen MR) is 61.3 cm³/mol. The molecule has 0 aliphatic carbocycles. The second kappa shape index (κ2) is 4.90. The molecule has 86 valence electrons. The van der Waals surface area contributed by atoms with Gasteiger partial charge in [-0.15, -0.1) is 0 Å². The first-order chi connectivity index (χ1) is 6.97. The summed E-state index contributed by atoms with van der Waals surface area (Å²) in [5, 5.41) is 14.0. The Morgan fingerprint density at radius 3 is 2.60 bits per heavy atom. The molecule has 0 spiro atoms. The van der Waals surface area contributed by atoms with Crippen molar-refractivity contribution in [3.8, 4) is 5.88 Å². The van der Waals surface area contributed by atoms with E-state index in [4.69, 9.17) is 0 Å². The van der Waals surface area contributed by atoms with Crippen LogP contribution in [0.25, 0.3) is 0 Å². The molecule has 5 heteroatoms. The average molecular weight is 230 g/mol. The standard InChI is InChI=1S/C10H18N2O2S/c1-5-15(14)6-8-9(7(2)3)10(13)12(4)11-8/h7,13H,5-6H2,1-4H3. The van der Waals surface area contributed by atoms with Crippen molar-refractivity contribution in [2.45, 2.75) is 32.4 Å². The zero-order chi connectivity index (χ0) is 11.6. The van der Waals surface area contributed by atoms with E-state index < -0.39 is 11.2 Å². The van der Waals surface area contributed by atoms with Gasteiger partial charge in [-0.2, -0.15) is 5.10 Å². The summed E-state index contributed by atoms with van der Waals surface area (Å²) in [5.74, 6) is 1.43. The number of hydrogen-bond acceptors (Lipinski definition) is 3. The fourth-order valence-corrected chi connectivity index (χ4v) is 2.26. The second-order valence-electron chi connectivity index (χ2n) is 3.84. The van der Waals surface area contributed by atoms with Crippen molar-refractivity contribution in [3.05, 3.63) is 11.3 Å². The third-order valence-corrected chi connectivity index (χ3v) is 3.57. The summed E-state index contributed by atoms with van der Waals surface area (Å²) in [6, 6.07) is 0. The maximum absolute atomic E-state index is 11.5. The quantitative estimate of drug-likeness (QED) is 0.798. The molecule has 0 aromatic carbocycles. The first-order valence-corrected chi connectivity index (χ1v) is 6.55. The summed E-state index contributed by atoms with van der Waals surface area (Å²) in [6.45, 7) is 5.87. The lowest BCUT2D eigenvalue weighted by molar-refractivity contribution is 0.412. The van der Waals surface area contributed by atoms with Crippen LogP contribution in [0.4, 0.5) is 0 Å². The highest BCUT2D eigenvalue weighted by molar-refractivity contribution is 7.90. The molecule has 1 atom stereocenters. The second-order valence-corrected chi connectivity index (χ2v) is 5.58. The molecule has 1 aromatic heterocycles. The molecule has 1 rings (SSSR count). The summed E-state index contributed by atoms with van der Waals surface area (Å²) in [5.41, 5.74) is 1.57. The molecule has 0 saturated heterocycles. The Balaban J connectivity index is 3.01. The molecule has 0 saturated carbocycles. The van der Waals surface area contributed by atoms with Gasteiger partial charge in [0.05, 0.1) is 0 Å². The first kappa shape index (κ1) is 12.4. The Labute approximate surface area is 93.5 Å². The molecule has 0 amide bonds. The van der Waals surface area contributed by atoms with Crippen LogP contribution in [0.3, 0.4) is 0 Å². The van der Waals surface area contributed by atoms with Gasteiger partial charge in [0.15, 0.2) is 0 Å². The largest absolute Gasteiger partial charge is 0.616 e. The Bertz CT molecular complexity index is 336. The smallest absolute Gasteiger partial charge is 0.213 e. The topological polar surface area (TPSA) is 61.1 Å². The van der Waals surface area contributed by atoms with Crippen LogP contribution in [0.2, 0.25) is 0 Å². The van der Waals surface area contributed by atoms with Crippen molar-refractivity contribution in [1.29, 1.82) is 0 Å². The van der Waals surface area contributed by atoms with E-state index >= 15 is 0 Å². The van der Waals surface area contributed by atoms with Crippen molar-refractivity contribution in [2.24, 2.45) is 7.05 Å². The molecule has 1 aromatic rings. The molecule has 1 heterocycles. The predicted octanol–water partition coefficient (Wildman–Crippen LogP) is 1.52. The lowest BCUT2D eigenvalue weighted by atomic mass is 10.0. The number of aromatic nitrogens is 2. The third-order valence-electron chi connectivity index (χ3n) is 2.33. The van der Waals surface area contributed by atoms with Crippen molar-refractivity contribution >= 4 is 11.2 Å². The van der Waals surface area contributed by atoms with Gasteiger partial charge in [0.25, 0.3) is 0 Å². The highest BCUT2D eigenvalue weighted by atomic mass is 32.2. The van der Waals surface area contributed by atoms with Crippen molar-refractivity contribution in [3.63, 3.8) is 0 Å². The molecule has 0 bridgehead atoms. The zero-order valence-electron chi connectivity index (χ0n) is 9.65. The molecule has 4 nitrogen and oxygen atoms in total. The lowest BCUT2D eigenvalue weighted by Gasteiger charge is -2.09. The van der Waals surface area contributed by atoms with Gasteiger partial charge in [-0.3, -0.25) is 0 Å². The fourth-order valence-electron chi connectivity index (χ4n) is 1.54. The average Bonchev–Trinajstić information content (AvgIpc) is 2.42. The molecular formula is C10H18N2O2S. The summed E-state index contributed by atoms with van der Waals surface area (Å²) in [7, 11) is 1.69. The minimum Gasteiger partial charge on any atom is -0.616 e. The van der Waals surface area contributed by atoms with E-state index in [1.54, 1.807) is 7.05 Å². The van der Waals surface area contributed by atoms with Crippen LogP contribution in [-0.2, 0) is 24.0 Å². The third kappa shape index (κ3) is 2.66. The van der Waals surface area contributed by atoms with Crippen LogP contribution in [0.5, 0.6) is 5.88 Å². The number of hydrogen-bond donors (Lipinski definition) is 1. The van der Waals surface area contributed by atoms with Crippen LogP contribution >= 0.6 is 0 Å². The summed E-state index contributed by atoms with van der Waals surface area (Å²) < 4.78 is 12.9. The van der Waals surface area contributed by atoms with E-state index in [1.165, 1.54) is 4.68 Å². The SMILES string of the molecule is CC[S+]([O-])Cc1nn(C)c(O)c1C(C)C. The Morgan fingerprint density at radius 2 is 2.13 bits per heavy atom. The highest BCUT2D eigenvalue weighted by Crippen LogP contribution is 2.29. The van der Waals surface area contributed by atoms with Crippen LogP contribution in [-0.4, -0.2) is 25.2 Å². The Morgan fingerprint density at radius 1 is 1.53 bits per heavy atom. The molecule has 15 heavy (non-hydrogen) atoms. The molecule has 0 radical (unpaired) electrons. The maximum Gasteiger partial charge on any atom is 0.213 e. The van der Waals surface area contributed by atoms with Crippen LogP contribution in [0.15, 0.2) is 0 Å². The van der Waals surface area contributed by atoms with Crippen LogP contribution in [0, 0.1) is 0 Å². The van der Waals surface area contributed by atoms with E-state index in [2.05, 4.69) is 5.10 Å². The molecule has 0 aliphatic heterocycles. The molecular weight excluding hydrogens is 212 g/mol. The van der Waals surface area contributed by atoms with Gasteiger partial charge in [-0.25, -0.2) is 4.68 Å². The van der Waals surface area contributed by atoms with E-state index in [1.807, 2.05) is 20.8 Å². The normalized spacial score (nSPS) is 13.5. The Kier molecular flexibility index (Phi) is 4.04. The van der Waals surface area contributed by atoms with Gasteiger partial charge in [0, 0.05) is 12.6 Å². The van der Waals surface area contributed by atoms with E-state index in [9.17, 15) is 9.66 Å². The van der Waals surface area contributed by atoms with Crippen molar-refractivity contribution in [1.82, 2.24) is 9.78 Å². The number of aryl methyl sites for hydroxylation is 1. The molecule has 1 unspecified atom stereocenters. The van der Waals surface area contributed by atoms with Gasteiger partial charge in [0.1, 0.15) is 17.2 Å². The number of nitrogens with zero attached hydrogens (tertiary/aromatic N) is 2. The monoisotopic (exact) mass is 230 g/mol. The molecule has 0 fully saturated rings. The molecule has 1 N–H and O–H groups in total. The van der Waals surface area contributed by atoms with Crippen LogP contribution in [0.1, 0.15) is 37.9 Å².